The maximum Gasteiger partial charge on any atom is 0.254 e. The molecule has 0 aliphatic rings. The van der Waals surface area contributed by atoms with Crippen LogP contribution in [0.5, 0.6) is 23.0 Å². The van der Waals surface area contributed by atoms with E-state index in [-0.39, 0.29) is 5.91 Å². The molecule has 0 spiro atoms. The van der Waals surface area contributed by atoms with Crippen LogP contribution in [-0.4, -0.2) is 31.6 Å². The fraction of sp³-hybridized carbons (Fsp3) is 0.167. The number of ether oxygens (including phenoxy) is 3. The molecule has 0 heterocycles. The molecular formula is C30H27BrClNO4. The van der Waals surface area contributed by atoms with Crippen molar-refractivity contribution in [1.29, 1.82) is 0 Å². The lowest BCUT2D eigenvalue weighted by molar-refractivity contribution is 0.0745. The van der Waals surface area contributed by atoms with Crippen LogP contribution in [-0.2, 0) is 13.0 Å². The van der Waals surface area contributed by atoms with E-state index in [4.69, 9.17) is 25.8 Å². The molecule has 0 atom stereocenters. The second-order valence-corrected chi connectivity index (χ2v) is 9.73. The van der Waals surface area contributed by atoms with Gasteiger partial charge in [0.25, 0.3) is 5.91 Å². The van der Waals surface area contributed by atoms with E-state index < -0.39 is 0 Å². The van der Waals surface area contributed by atoms with Crippen molar-refractivity contribution in [3.8, 4) is 23.0 Å². The Labute approximate surface area is 230 Å². The minimum Gasteiger partial charge on any atom is -0.493 e. The predicted octanol–water partition coefficient (Wildman–Crippen LogP) is 7.80. The van der Waals surface area contributed by atoms with E-state index in [1.165, 1.54) is 0 Å². The van der Waals surface area contributed by atoms with E-state index in [0.29, 0.717) is 53.1 Å². The standard InChI is InChI=1S/C30H27BrClNO4/c1-35-28-14-9-21(18-29(28)36-2)15-16-33(30(34)23-6-4-7-24(31)19-23)20-22-5-3-8-27(17-22)37-26-12-10-25(32)11-13-26/h3-14,17-19H,15-16,20H2,1-2H3. The van der Waals surface area contributed by atoms with Gasteiger partial charge in [-0.3, -0.25) is 4.79 Å². The zero-order valence-electron chi connectivity index (χ0n) is 20.6. The Morgan fingerprint density at radius 1 is 0.811 bits per heavy atom. The average molecular weight is 581 g/mol. The van der Waals surface area contributed by atoms with Crippen LogP contribution in [0, 0.1) is 0 Å². The molecule has 4 aromatic carbocycles. The molecule has 0 radical (unpaired) electrons. The van der Waals surface area contributed by atoms with Gasteiger partial charge in [0.1, 0.15) is 11.5 Å². The van der Waals surface area contributed by atoms with Crippen LogP contribution in [0.2, 0.25) is 5.02 Å². The van der Waals surface area contributed by atoms with Gasteiger partial charge in [0.05, 0.1) is 14.2 Å². The number of hydrogen-bond acceptors (Lipinski definition) is 4. The number of rotatable bonds is 10. The number of nitrogens with zero attached hydrogens (tertiary/aromatic N) is 1. The Morgan fingerprint density at radius 2 is 1.57 bits per heavy atom. The smallest absolute Gasteiger partial charge is 0.254 e. The van der Waals surface area contributed by atoms with Gasteiger partial charge in [-0.15, -0.1) is 0 Å². The van der Waals surface area contributed by atoms with E-state index in [1.54, 1.807) is 26.4 Å². The summed E-state index contributed by atoms with van der Waals surface area (Å²) in [6, 6.07) is 28.2. The summed E-state index contributed by atoms with van der Waals surface area (Å²) in [4.78, 5) is 15.4. The largest absolute Gasteiger partial charge is 0.493 e. The zero-order valence-corrected chi connectivity index (χ0v) is 23.0. The highest BCUT2D eigenvalue weighted by Gasteiger charge is 2.18. The molecular weight excluding hydrogens is 554 g/mol. The molecule has 5 nitrogen and oxygen atoms in total. The van der Waals surface area contributed by atoms with E-state index in [9.17, 15) is 4.79 Å². The summed E-state index contributed by atoms with van der Waals surface area (Å²) in [7, 11) is 3.23. The van der Waals surface area contributed by atoms with Crippen molar-refractivity contribution >= 4 is 33.4 Å². The first-order valence-corrected chi connectivity index (χ1v) is 12.9. The van der Waals surface area contributed by atoms with E-state index in [1.807, 2.05) is 83.8 Å². The molecule has 0 saturated heterocycles. The molecule has 0 aliphatic carbocycles. The number of methoxy groups -OCH3 is 2. The van der Waals surface area contributed by atoms with E-state index in [2.05, 4.69) is 15.9 Å². The second-order valence-electron chi connectivity index (χ2n) is 8.38. The lowest BCUT2D eigenvalue weighted by Crippen LogP contribution is -2.32. The Hall–Kier alpha value is -3.48. The molecule has 4 rings (SSSR count). The van der Waals surface area contributed by atoms with Gasteiger partial charge >= 0.3 is 0 Å². The van der Waals surface area contributed by atoms with Gasteiger partial charge in [-0.2, -0.15) is 0 Å². The molecule has 1 amide bonds. The van der Waals surface area contributed by atoms with Crippen LogP contribution in [0.4, 0.5) is 0 Å². The summed E-state index contributed by atoms with van der Waals surface area (Å²) >= 11 is 9.46. The van der Waals surface area contributed by atoms with Crippen LogP contribution < -0.4 is 14.2 Å². The second kappa shape index (κ2) is 12.7. The highest BCUT2D eigenvalue weighted by atomic mass is 79.9. The number of carbonyl (C=O) groups is 1. The van der Waals surface area contributed by atoms with Gasteiger partial charge in [-0.25, -0.2) is 0 Å². The molecule has 0 fully saturated rings. The predicted molar refractivity (Wildman–Crippen MR) is 150 cm³/mol. The van der Waals surface area contributed by atoms with Gasteiger partial charge < -0.3 is 19.1 Å². The van der Waals surface area contributed by atoms with Crippen LogP contribution in [0.1, 0.15) is 21.5 Å². The molecule has 7 heteroatoms. The first-order valence-electron chi connectivity index (χ1n) is 11.7. The maximum atomic E-state index is 13.6. The first-order chi connectivity index (χ1) is 17.9. The Balaban J connectivity index is 1.55. The molecule has 4 aromatic rings. The fourth-order valence-electron chi connectivity index (χ4n) is 3.92. The number of carbonyl (C=O) groups excluding carboxylic acids is 1. The first kappa shape index (κ1) is 26.6. The minimum absolute atomic E-state index is 0.0502. The molecule has 0 saturated carbocycles. The van der Waals surface area contributed by atoms with Gasteiger partial charge in [0, 0.05) is 28.1 Å². The number of halogens is 2. The summed E-state index contributed by atoms with van der Waals surface area (Å²) in [6.45, 7) is 0.944. The summed E-state index contributed by atoms with van der Waals surface area (Å²) in [6.07, 6.45) is 0.654. The third-order valence-electron chi connectivity index (χ3n) is 5.80. The van der Waals surface area contributed by atoms with Crippen LogP contribution in [0.25, 0.3) is 0 Å². The van der Waals surface area contributed by atoms with E-state index >= 15 is 0 Å². The van der Waals surface area contributed by atoms with Crippen LogP contribution in [0.15, 0.2) is 95.5 Å². The third kappa shape index (κ3) is 7.28. The summed E-state index contributed by atoms with van der Waals surface area (Å²) < 4.78 is 17.7. The third-order valence-corrected chi connectivity index (χ3v) is 6.54. The normalized spacial score (nSPS) is 10.6. The lowest BCUT2D eigenvalue weighted by atomic mass is 10.1. The van der Waals surface area contributed by atoms with Crippen molar-refractivity contribution in [2.45, 2.75) is 13.0 Å². The minimum atomic E-state index is -0.0502. The van der Waals surface area contributed by atoms with Crippen molar-refractivity contribution in [2.75, 3.05) is 20.8 Å². The molecule has 0 N–H and O–H groups in total. The van der Waals surface area contributed by atoms with Crippen molar-refractivity contribution in [2.24, 2.45) is 0 Å². The van der Waals surface area contributed by atoms with Crippen LogP contribution >= 0.6 is 27.5 Å². The SMILES string of the molecule is COc1ccc(CCN(Cc2cccc(Oc3ccc(Cl)cc3)c2)C(=O)c2cccc(Br)c2)cc1OC. The van der Waals surface area contributed by atoms with E-state index in [0.717, 1.165) is 15.6 Å². The molecule has 0 aliphatic heterocycles. The van der Waals surface area contributed by atoms with Crippen molar-refractivity contribution < 1.29 is 19.0 Å². The fourth-order valence-corrected chi connectivity index (χ4v) is 4.45. The molecule has 190 valence electrons. The Bertz CT molecular complexity index is 1360. The summed E-state index contributed by atoms with van der Waals surface area (Å²) in [5.41, 5.74) is 2.63. The highest BCUT2D eigenvalue weighted by Crippen LogP contribution is 2.28. The highest BCUT2D eigenvalue weighted by molar-refractivity contribution is 9.10. The summed E-state index contributed by atoms with van der Waals surface area (Å²) in [5.74, 6) is 2.67. The topological polar surface area (TPSA) is 48.0 Å². The zero-order chi connectivity index (χ0) is 26.2. The molecule has 0 aromatic heterocycles. The quantitative estimate of drug-likeness (QED) is 0.192. The Kier molecular flexibility index (Phi) is 9.09. The molecule has 0 unspecified atom stereocenters. The lowest BCUT2D eigenvalue weighted by Gasteiger charge is -2.24. The number of amides is 1. The van der Waals surface area contributed by atoms with Gasteiger partial charge in [-0.05, 0) is 84.3 Å². The van der Waals surface area contributed by atoms with Gasteiger partial charge in [-0.1, -0.05) is 51.8 Å². The Morgan fingerprint density at radius 3 is 2.30 bits per heavy atom. The molecule has 0 bridgehead atoms. The van der Waals surface area contributed by atoms with Gasteiger partial charge in [0.15, 0.2) is 11.5 Å². The molecule has 37 heavy (non-hydrogen) atoms. The van der Waals surface area contributed by atoms with Gasteiger partial charge in [0.2, 0.25) is 0 Å². The number of hydrogen-bond donors (Lipinski definition) is 0. The maximum absolute atomic E-state index is 13.6. The average Bonchev–Trinajstić information content (AvgIpc) is 2.92. The summed E-state index contributed by atoms with van der Waals surface area (Å²) in [5, 5.41) is 0.650. The van der Waals surface area contributed by atoms with Crippen molar-refractivity contribution in [3.63, 3.8) is 0 Å². The monoisotopic (exact) mass is 579 g/mol. The van der Waals surface area contributed by atoms with Crippen molar-refractivity contribution in [1.82, 2.24) is 4.90 Å². The van der Waals surface area contributed by atoms with Crippen LogP contribution in [0.3, 0.4) is 0 Å². The van der Waals surface area contributed by atoms with Crippen molar-refractivity contribution in [3.05, 3.63) is 117 Å². The number of benzene rings is 4.